The van der Waals surface area contributed by atoms with Crippen molar-refractivity contribution in [2.75, 3.05) is 52.2 Å². The number of anilines is 1. The van der Waals surface area contributed by atoms with E-state index in [1.807, 2.05) is 29.9 Å². The summed E-state index contributed by atoms with van der Waals surface area (Å²) in [6.07, 6.45) is 9.48. The molecule has 0 N–H and O–H groups in total. The standard InChI is InChI=1S/C24H31N7/c1-7-20-21(11-17(3)27-23(20)8-2)22-13-26-31-16-18(12-25-24(22)31)30-14-19(15-30)29(6)10-9-28(4)5/h7-8,11-13,16,19H,1-2,9-10,14-15H2,3-6H3. The minimum absolute atomic E-state index is 0.580. The second-order valence-corrected chi connectivity index (χ2v) is 8.50. The highest BCUT2D eigenvalue weighted by molar-refractivity contribution is 5.86. The molecule has 1 aliphatic heterocycles. The number of fused-ring (bicyclic) bond motifs is 1. The van der Waals surface area contributed by atoms with Crippen LogP contribution in [0.5, 0.6) is 0 Å². The van der Waals surface area contributed by atoms with Gasteiger partial charge in [-0.2, -0.15) is 5.10 Å². The fourth-order valence-corrected chi connectivity index (χ4v) is 4.00. The minimum atomic E-state index is 0.580. The Morgan fingerprint density at radius 1 is 1.10 bits per heavy atom. The zero-order valence-electron chi connectivity index (χ0n) is 18.9. The first kappa shape index (κ1) is 21.2. The van der Waals surface area contributed by atoms with E-state index < -0.39 is 0 Å². The molecule has 7 nitrogen and oxygen atoms in total. The molecule has 1 fully saturated rings. The molecule has 1 saturated heterocycles. The number of aryl methyl sites for hydroxylation is 1. The van der Waals surface area contributed by atoms with E-state index >= 15 is 0 Å². The van der Waals surface area contributed by atoms with E-state index in [1.54, 1.807) is 6.08 Å². The van der Waals surface area contributed by atoms with Crippen molar-refractivity contribution in [1.29, 1.82) is 0 Å². The molecule has 162 valence electrons. The molecule has 3 aromatic heterocycles. The number of rotatable bonds is 8. The normalized spacial score (nSPS) is 14.5. The first-order chi connectivity index (χ1) is 14.9. The number of pyridine rings is 1. The lowest BCUT2D eigenvalue weighted by Gasteiger charge is -2.45. The molecule has 0 amide bonds. The molecule has 0 aromatic carbocycles. The van der Waals surface area contributed by atoms with Crippen molar-refractivity contribution in [3.8, 4) is 11.1 Å². The topological polar surface area (TPSA) is 52.8 Å². The van der Waals surface area contributed by atoms with Crippen LogP contribution < -0.4 is 4.90 Å². The lowest BCUT2D eigenvalue weighted by Crippen LogP contribution is -2.59. The van der Waals surface area contributed by atoms with Gasteiger partial charge in [0.1, 0.15) is 0 Å². The number of likely N-dealkylation sites (N-methyl/N-ethyl adjacent to an activating group) is 2. The van der Waals surface area contributed by atoms with Crippen molar-refractivity contribution < 1.29 is 0 Å². The maximum Gasteiger partial charge on any atom is 0.162 e. The van der Waals surface area contributed by atoms with Crippen LogP contribution in [0.1, 0.15) is 17.0 Å². The Bertz CT molecular complexity index is 1110. The fourth-order valence-electron chi connectivity index (χ4n) is 4.00. The quantitative estimate of drug-likeness (QED) is 0.562. The van der Waals surface area contributed by atoms with Crippen LogP contribution in [0.4, 0.5) is 5.69 Å². The molecule has 0 spiro atoms. The van der Waals surface area contributed by atoms with Gasteiger partial charge in [-0.05, 0) is 45.8 Å². The summed E-state index contributed by atoms with van der Waals surface area (Å²) in [6, 6.07) is 2.64. The zero-order chi connectivity index (χ0) is 22.1. The first-order valence-corrected chi connectivity index (χ1v) is 10.6. The van der Waals surface area contributed by atoms with Gasteiger partial charge in [0.25, 0.3) is 0 Å². The van der Waals surface area contributed by atoms with E-state index in [2.05, 4.69) is 71.3 Å². The van der Waals surface area contributed by atoms with Crippen molar-refractivity contribution in [2.45, 2.75) is 13.0 Å². The zero-order valence-corrected chi connectivity index (χ0v) is 18.9. The van der Waals surface area contributed by atoms with Crippen LogP contribution in [0.3, 0.4) is 0 Å². The second kappa shape index (κ2) is 8.61. The van der Waals surface area contributed by atoms with E-state index in [0.29, 0.717) is 6.04 Å². The predicted molar refractivity (Wildman–Crippen MR) is 128 cm³/mol. The van der Waals surface area contributed by atoms with Gasteiger partial charge in [-0.15, -0.1) is 0 Å². The Morgan fingerprint density at radius 3 is 2.55 bits per heavy atom. The molecular weight excluding hydrogens is 386 g/mol. The Kier molecular flexibility index (Phi) is 5.89. The maximum atomic E-state index is 4.77. The molecule has 0 saturated carbocycles. The lowest BCUT2D eigenvalue weighted by atomic mass is 9.99. The Balaban J connectivity index is 1.56. The molecule has 7 heteroatoms. The van der Waals surface area contributed by atoms with Gasteiger partial charge in [-0.3, -0.25) is 9.88 Å². The summed E-state index contributed by atoms with van der Waals surface area (Å²) in [7, 11) is 6.44. The van der Waals surface area contributed by atoms with E-state index in [9.17, 15) is 0 Å². The van der Waals surface area contributed by atoms with E-state index in [-0.39, 0.29) is 0 Å². The van der Waals surface area contributed by atoms with Crippen molar-refractivity contribution in [1.82, 2.24) is 29.4 Å². The van der Waals surface area contributed by atoms with Gasteiger partial charge in [-0.25, -0.2) is 9.50 Å². The van der Waals surface area contributed by atoms with Gasteiger partial charge in [0.15, 0.2) is 5.65 Å². The van der Waals surface area contributed by atoms with Crippen LogP contribution in [-0.2, 0) is 0 Å². The van der Waals surface area contributed by atoms with Gasteiger partial charge >= 0.3 is 0 Å². The SMILES string of the molecule is C=Cc1nc(C)cc(-c2cnn3cc(N4CC(N(C)CCN(C)C)C4)cnc23)c1C=C. The molecule has 3 aromatic rings. The third kappa shape index (κ3) is 4.11. The first-order valence-electron chi connectivity index (χ1n) is 10.6. The number of hydrogen-bond donors (Lipinski definition) is 0. The summed E-state index contributed by atoms with van der Waals surface area (Å²) >= 11 is 0. The Morgan fingerprint density at radius 2 is 1.87 bits per heavy atom. The Hall–Kier alpha value is -3.03. The van der Waals surface area contributed by atoms with Gasteiger partial charge in [0, 0.05) is 49.0 Å². The van der Waals surface area contributed by atoms with Gasteiger partial charge in [0.05, 0.1) is 30.0 Å². The van der Waals surface area contributed by atoms with Crippen LogP contribution >= 0.6 is 0 Å². The molecule has 0 bridgehead atoms. The van der Waals surface area contributed by atoms with Crippen molar-refractivity contribution in [2.24, 2.45) is 0 Å². The molecule has 4 heterocycles. The molecule has 0 radical (unpaired) electrons. The summed E-state index contributed by atoms with van der Waals surface area (Å²) in [5.41, 5.74) is 6.63. The third-order valence-electron chi connectivity index (χ3n) is 6.00. The molecular formula is C24H31N7. The Labute approximate surface area is 184 Å². The lowest BCUT2D eigenvalue weighted by molar-refractivity contribution is 0.187. The molecule has 31 heavy (non-hydrogen) atoms. The van der Waals surface area contributed by atoms with Crippen molar-refractivity contribution in [3.63, 3.8) is 0 Å². The van der Waals surface area contributed by atoms with Crippen molar-refractivity contribution in [3.05, 3.63) is 54.8 Å². The molecule has 0 atom stereocenters. The highest BCUT2D eigenvalue weighted by Crippen LogP contribution is 2.31. The van der Waals surface area contributed by atoms with Gasteiger partial charge in [0.2, 0.25) is 0 Å². The smallest absolute Gasteiger partial charge is 0.162 e. The van der Waals surface area contributed by atoms with Gasteiger partial charge < -0.3 is 9.80 Å². The number of hydrogen-bond acceptors (Lipinski definition) is 6. The summed E-state index contributed by atoms with van der Waals surface area (Å²) in [4.78, 5) is 16.3. The van der Waals surface area contributed by atoms with Crippen LogP contribution in [0.15, 0.2) is 37.8 Å². The summed E-state index contributed by atoms with van der Waals surface area (Å²) < 4.78 is 1.87. The molecule has 1 aliphatic rings. The van der Waals surface area contributed by atoms with Crippen molar-refractivity contribution >= 4 is 23.5 Å². The summed E-state index contributed by atoms with van der Waals surface area (Å²) in [6.45, 7) is 14.0. The van der Waals surface area contributed by atoms with Crippen LogP contribution in [0.25, 0.3) is 28.9 Å². The average molecular weight is 418 g/mol. The third-order valence-corrected chi connectivity index (χ3v) is 6.00. The molecule has 0 aliphatic carbocycles. The van der Waals surface area contributed by atoms with Gasteiger partial charge in [-0.1, -0.05) is 19.2 Å². The highest BCUT2D eigenvalue weighted by atomic mass is 15.3. The monoisotopic (exact) mass is 417 g/mol. The van der Waals surface area contributed by atoms with Crippen LogP contribution in [0, 0.1) is 6.92 Å². The maximum absolute atomic E-state index is 4.77. The minimum Gasteiger partial charge on any atom is -0.366 e. The summed E-state index contributed by atoms with van der Waals surface area (Å²) in [5.74, 6) is 0. The summed E-state index contributed by atoms with van der Waals surface area (Å²) in [5, 5.41) is 4.59. The van der Waals surface area contributed by atoms with E-state index in [4.69, 9.17) is 4.98 Å². The highest BCUT2D eigenvalue weighted by Gasteiger charge is 2.30. The van der Waals surface area contributed by atoms with Crippen LogP contribution in [-0.4, -0.2) is 82.7 Å². The number of aromatic nitrogens is 4. The fraction of sp³-hybridized carbons (Fsp3) is 0.375. The van der Waals surface area contributed by atoms with E-state index in [1.165, 1.54) is 0 Å². The van der Waals surface area contributed by atoms with Crippen LogP contribution in [0.2, 0.25) is 0 Å². The predicted octanol–water partition coefficient (Wildman–Crippen LogP) is 3.07. The van der Waals surface area contributed by atoms with E-state index in [0.717, 1.165) is 65.6 Å². The largest absolute Gasteiger partial charge is 0.366 e. The number of nitrogens with zero attached hydrogens (tertiary/aromatic N) is 7. The molecule has 4 rings (SSSR count). The average Bonchev–Trinajstić information content (AvgIpc) is 3.13. The molecule has 0 unspecified atom stereocenters. The second-order valence-electron chi connectivity index (χ2n) is 8.50.